The smallest absolute Gasteiger partial charge is 0.306 e. The third kappa shape index (κ3) is 6.16. The van der Waals surface area contributed by atoms with Crippen molar-refractivity contribution in [2.45, 2.75) is 116 Å². The van der Waals surface area contributed by atoms with Crippen LogP contribution in [0.2, 0.25) is 0 Å². The van der Waals surface area contributed by atoms with Crippen LogP contribution in [0.5, 0.6) is 0 Å². The molecule has 0 heterocycles. The Labute approximate surface area is 263 Å². The molecule has 3 N–H and O–H groups in total. The number of nitrogens with zero attached hydrogens (tertiary/aromatic N) is 1. The lowest BCUT2D eigenvalue weighted by molar-refractivity contribution is -0.492. The number of carbonyl (C=O) groups excluding carboxylic acids is 4. The maximum absolute atomic E-state index is 17.6. The second-order valence-electron chi connectivity index (χ2n) is 13.7. The third-order valence-electron chi connectivity index (χ3n) is 11.2. The van der Waals surface area contributed by atoms with E-state index in [1.165, 1.54) is 12.2 Å². The number of allylic oxidation sites excluding steroid dienone is 4. The van der Waals surface area contributed by atoms with Crippen molar-refractivity contribution in [1.29, 1.82) is 0 Å². The summed E-state index contributed by atoms with van der Waals surface area (Å²) < 4.78 is 29.2. The standard InChI is InChI=1S/C33H48FNO10/c1-5-6-10-29(40)45-33(27(38)20-43-28(39)11-8-7-9-16-44-35(41)42)21(2)17-25-24-13-12-22-18-23(36)14-15-30(22,3)32(24,34)26(37)19-31(25,33)4/h14-15,18,21,24-26,37,41-42H,5-13,16-17,19-20H2,1-4H3/t21-,24?,25-,26-,30-,31-,32-,33-/m0/s1. The molecule has 3 fully saturated rings. The van der Waals surface area contributed by atoms with Crippen molar-refractivity contribution in [2.75, 3.05) is 13.2 Å². The van der Waals surface area contributed by atoms with Crippen molar-refractivity contribution < 1.29 is 53.4 Å². The molecule has 45 heavy (non-hydrogen) atoms. The number of aliphatic hydroxyl groups is 1. The number of hydrogen-bond donors (Lipinski definition) is 3. The molecule has 0 aromatic rings. The van der Waals surface area contributed by atoms with Crippen molar-refractivity contribution in [1.82, 2.24) is 5.39 Å². The summed E-state index contributed by atoms with van der Waals surface area (Å²) in [5.41, 5.74) is -5.53. The van der Waals surface area contributed by atoms with E-state index in [1.54, 1.807) is 26.8 Å². The molecule has 0 bridgehead atoms. The molecule has 3 saturated carbocycles. The van der Waals surface area contributed by atoms with Crippen molar-refractivity contribution in [3.63, 3.8) is 0 Å². The van der Waals surface area contributed by atoms with Gasteiger partial charge in [0, 0.05) is 35.5 Å². The highest BCUT2D eigenvalue weighted by Gasteiger charge is 2.77. The molecule has 0 aromatic heterocycles. The van der Waals surface area contributed by atoms with Crippen molar-refractivity contribution in [3.8, 4) is 0 Å². The molecule has 252 valence electrons. The van der Waals surface area contributed by atoms with Crippen molar-refractivity contribution in [3.05, 3.63) is 23.8 Å². The Morgan fingerprint density at radius 2 is 1.78 bits per heavy atom. The minimum absolute atomic E-state index is 0.0175. The Balaban J connectivity index is 1.58. The first-order chi connectivity index (χ1) is 21.2. The molecule has 0 aliphatic heterocycles. The first-order valence-electron chi connectivity index (χ1n) is 16.2. The number of halogens is 1. The number of ketones is 2. The quantitative estimate of drug-likeness (QED) is 0.137. The Morgan fingerprint density at radius 1 is 1.07 bits per heavy atom. The molecular weight excluding hydrogens is 589 g/mol. The summed E-state index contributed by atoms with van der Waals surface area (Å²) in [7, 11) is 0. The molecule has 0 radical (unpaired) electrons. The van der Waals surface area contributed by atoms with Crippen LogP contribution in [0.3, 0.4) is 0 Å². The SMILES string of the molecule is CCCCC(=O)O[C@]1(C(=O)COC(=O)CCCCCON(O)O)[C@@H](C)C[C@H]2C3CCC4=CC(=O)C=C[C@]4(C)[C@@]3(F)[C@@H](O)C[C@@]21C. The number of esters is 2. The van der Waals surface area contributed by atoms with E-state index < -0.39 is 70.3 Å². The number of rotatable bonds is 14. The molecule has 0 amide bonds. The van der Waals surface area contributed by atoms with Gasteiger partial charge in [0.05, 0.1) is 18.1 Å². The molecule has 0 saturated heterocycles. The number of hydrogen-bond acceptors (Lipinski definition) is 11. The Hall–Kier alpha value is -2.51. The van der Waals surface area contributed by atoms with Gasteiger partial charge >= 0.3 is 11.9 Å². The largest absolute Gasteiger partial charge is 0.457 e. The molecule has 12 heteroatoms. The number of unbranched alkanes of at least 4 members (excludes halogenated alkanes) is 3. The van der Waals surface area contributed by atoms with Gasteiger partial charge in [0.25, 0.3) is 0 Å². The number of Topliss-reactive ketones (excluding diaryl/α,β-unsaturated/α-hetero) is 1. The fraction of sp³-hybridized carbons (Fsp3) is 0.758. The Kier molecular flexibility index (Phi) is 10.8. The normalized spacial score (nSPS) is 37.0. The molecule has 0 aromatic carbocycles. The van der Waals surface area contributed by atoms with Crippen LogP contribution < -0.4 is 0 Å². The summed E-state index contributed by atoms with van der Waals surface area (Å²) in [5.74, 6) is -3.60. The Morgan fingerprint density at radius 3 is 2.47 bits per heavy atom. The summed E-state index contributed by atoms with van der Waals surface area (Å²) in [5, 5.41) is 28.5. The predicted molar refractivity (Wildman–Crippen MR) is 157 cm³/mol. The number of ether oxygens (including phenoxy) is 2. The summed E-state index contributed by atoms with van der Waals surface area (Å²) in [6.45, 7) is 6.68. The van der Waals surface area contributed by atoms with Crippen LogP contribution >= 0.6 is 0 Å². The maximum atomic E-state index is 17.6. The van der Waals surface area contributed by atoms with Gasteiger partial charge in [0.15, 0.2) is 23.7 Å². The van der Waals surface area contributed by atoms with Gasteiger partial charge in [-0.1, -0.05) is 45.3 Å². The molecule has 4 aliphatic carbocycles. The molecule has 4 aliphatic rings. The Bertz CT molecular complexity index is 1220. The van der Waals surface area contributed by atoms with Gasteiger partial charge in [-0.3, -0.25) is 34.4 Å². The highest BCUT2D eigenvalue weighted by molar-refractivity contribution is 6.01. The average molecular weight is 638 g/mol. The number of alkyl halides is 1. The predicted octanol–water partition coefficient (Wildman–Crippen LogP) is 4.76. The molecule has 0 spiro atoms. The van der Waals surface area contributed by atoms with E-state index in [-0.39, 0.29) is 37.0 Å². The van der Waals surface area contributed by atoms with Gasteiger partial charge in [0.1, 0.15) is 0 Å². The second kappa shape index (κ2) is 13.7. The average Bonchev–Trinajstić information content (AvgIpc) is 3.19. The van der Waals surface area contributed by atoms with Crippen LogP contribution in [-0.4, -0.2) is 75.0 Å². The van der Waals surface area contributed by atoms with Gasteiger partial charge in [-0.15, -0.1) is 0 Å². The number of fused-ring (bicyclic) bond motifs is 5. The summed E-state index contributed by atoms with van der Waals surface area (Å²) >= 11 is 0. The van der Waals surface area contributed by atoms with Gasteiger partial charge in [-0.2, -0.15) is 0 Å². The second-order valence-corrected chi connectivity index (χ2v) is 13.7. The molecule has 11 nitrogen and oxygen atoms in total. The fourth-order valence-corrected chi connectivity index (χ4v) is 8.97. The monoisotopic (exact) mass is 637 g/mol. The first kappa shape index (κ1) is 35.3. The summed E-state index contributed by atoms with van der Waals surface area (Å²) in [6.07, 6.45) is 6.77. The van der Waals surface area contributed by atoms with E-state index >= 15 is 4.39 Å². The van der Waals surface area contributed by atoms with Gasteiger partial charge in [0.2, 0.25) is 5.78 Å². The van der Waals surface area contributed by atoms with E-state index in [4.69, 9.17) is 19.9 Å². The lowest BCUT2D eigenvalue weighted by Gasteiger charge is -2.62. The number of carbonyl (C=O) groups is 4. The molecule has 4 rings (SSSR count). The zero-order chi connectivity index (χ0) is 33.2. The van der Waals surface area contributed by atoms with Gasteiger partial charge < -0.3 is 14.6 Å². The van der Waals surface area contributed by atoms with Crippen LogP contribution in [0, 0.1) is 28.6 Å². The van der Waals surface area contributed by atoms with Crippen molar-refractivity contribution >= 4 is 23.5 Å². The highest BCUT2D eigenvalue weighted by atomic mass is 19.1. The topological polar surface area (TPSA) is 160 Å². The lowest BCUT2D eigenvalue weighted by atomic mass is 9.44. The van der Waals surface area contributed by atoms with Crippen molar-refractivity contribution in [2.24, 2.45) is 28.6 Å². The van der Waals surface area contributed by atoms with E-state index in [9.17, 15) is 24.3 Å². The zero-order valence-corrected chi connectivity index (χ0v) is 26.8. The van der Waals surface area contributed by atoms with E-state index in [1.807, 2.05) is 6.92 Å². The van der Waals surface area contributed by atoms with Crippen LogP contribution in [0.4, 0.5) is 4.39 Å². The van der Waals surface area contributed by atoms with Crippen LogP contribution in [0.15, 0.2) is 23.8 Å². The van der Waals surface area contributed by atoms with E-state index in [2.05, 4.69) is 4.84 Å². The molecular formula is C33H48FNO10. The van der Waals surface area contributed by atoms with E-state index in [0.717, 1.165) is 6.42 Å². The maximum Gasteiger partial charge on any atom is 0.306 e. The van der Waals surface area contributed by atoms with Gasteiger partial charge in [-0.25, -0.2) is 4.39 Å². The zero-order valence-electron chi connectivity index (χ0n) is 26.8. The highest BCUT2D eigenvalue weighted by Crippen LogP contribution is 2.71. The molecule has 1 unspecified atom stereocenters. The van der Waals surface area contributed by atoms with Crippen LogP contribution in [0.1, 0.15) is 98.3 Å². The fourth-order valence-electron chi connectivity index (χ4n) is 8.97. The summed E-state index contributed by atoms with van der Waals surface area (Å²) in [6, 6.07) is 0. The number of aliphatic hydroxyl groups excluding tert-OH is 1. The lowest BCUT2D eigenvalue weighted by Crippen LogP contribution is -2.70. The van der Waals surface area contributed by atoms with E-state index in [0.29, 0.717) is 50.5 Å². The third-order valence-corrected chi connectivity index (χ3v) is 11.2. The minimum Gasteiger partial charge on any atom is -0.457 e. The first-order valence-corrected chi connectivity index (χ1v) is 16.2. The van der Waals surface area contributed by atoms with Crippen LogP contribution in [0.25, 0.3) is 0 Å². The minimum atomic E-state index is -2.10. The summed E-state index contributed by atoms with van der Waals surface area (Å²) in [4.78, 5) is 56.7. The van der Waals surface area contributed by atoms with Gasteiger partial charge in [-0.05, 0) is 69.9 Å². The van der Waals surface area contributed by atoms with Crippen LogP contribution in [-0.2, 0) is 33.5 Å². The molecule has 8 atom stereocenters.